The molecule has 0 spiro atoms. The van der Waals surface area contributed by atoms with Crippen molar-refractivity contribution in [3.63, 3.8) is 0 Å². The standard InChI is InChI=1S/C23H24ClN5O/c24-19-5-1-2-6-20(19)27-16-23(30)29-13-9-17(10-14-29)18-8-12-26-22(15-18)28-21-7-3-4-11-25-21/h1-8,11-12,15,17,27H,9-10,13-14,16H2,(H,25,26,28). The number of benzene rings is 1. The lowest BCUT2D eigenvalue weighted by Gasteiger charge is -2.32. The third-order valence-electron chi connectivity index (χ3n) is 5.33. The Labute approximate surface area is 181 Å². The maximum Gasteiger partial charge on any atom is 0.241 e. The maximum atomic E-state index is 12.6. The summed E-state index contributed by atoms with van der Waals surface area (Å²) >= 11 is 6.14. The number of hydrogen-bond acceptors (Lipinski definition) is 5. The van der Waals surface area contributed by atoms with E-state index < -0.39 is 0 Å². The predicted octanol–water partition coefficient (Wildman–Crippen LogP) is 4.69. The van der Waals surface area contributed by atoms with Gasteiger partial charge in [0, 0.05) is 25.5 Å². The molecule has 3 aromatic rings. The molecule has 4 rings (SSSR count). The fourth-order valence-electron chi connectivity index (χ4n) is 3.69. The second-order valence-corrected chi connectivity index (χ2v) is 7.71. The number of hydrogen-bond donors (Lipinski definition) is 2. The first-order valence-electron chi connectivity index (χ1n) is 10.1. The zero-order valence-electron chi connectivity index (χ0n) is 16.6. The van der Waals surface area contributed by atoms with Gasteiger partial charge in [0.15, 0.2) is 0 Å². The molecule has 0 bridgehead atoms. The Kier molecular flexibility index (Phi) is 6.44. The summed E-state index contributed by atoms with van der Waals surface area (Å²) in [6.45, 7) is 1.75. The summed E-state index contributed by atoms with van der Waals surface area (Å²) in [7, 11) is 0. The monoisotopic (exact) mass is 421 g/mol. The molecule has 1 aliphatic heterocycles. The minimum absolute atomic E-state index is 0.0978. The van der Waals surface area contributed by atoms with Gasteiger partial charge in [-0.25, -0.2) is 9.97 Å². The zero-order valence-corrected chi connectivity index (χ0v) is 17.3. The number of carbonyl (C=O) groups excluding carboxylic acids is 1. The second-order valence-electron chi connectivity index (χ2n) is 7.30. The number of halogens is 1. The van der Waals surface area contributed by atoms with Crippen LogP contribution in [-0.2, 0) is 4.79 Å². The normalized spacial score (nSPS) is 14.4. The predicted molar refractivity (Wildman–Crippen MR) is 120 cm³/mol. The van der Waals surface area contributed by atoms with Gasteiger partial charge in [-0.3, -0.25) is 4.79 Å². The first-order chi connectivity index (χ1) is 14.7. The second kappa shape index (κ2) is 9.59. The molecule has 0 unspecified atom stereocenters. The van der Waals surface area contributed by atoms with Gasteiger partial charge < -0.3 is 15.5 Å². The van der Waals surface area contributed by atoms with Crippen molar-refractivity contribution in [1.82, 2.24) is 14.9 Å². The van der Waals surface area contributed by atoms with E-state index in [2.05, 4.69) is 32.7 Å². The van der Waals surface area contributed by atoms with E-state index in [1.54, 1.807) is 6.20 Å². The van der Waals surface area contributed by atoms with E-state index in [9.17, 15) is 4.79 Å². The molecule has 6 nitrogen and oxygen atoms in total. The summed E-state index contributed by atoms with van der Waals surface area (Å²) in [5.41, 5.74) is 2.02. The quantitative estimate of drug-likeness (QED) is 0.604. The van der Waals surface area contributed by atoms with E-state index in [1.807, 2.05) is 53.6 Å². The number of rotatable bonds is 6. The molecule has 0 atom stereocenters. The molecule has 1 fully saturated rings. The Bertz CT molecular complexity index is 990. The Morgan fingerprint density at radius 1 is 1.00 bits per heavy atom. The first kappa shape index (κ1) is 20.2. The number of nitrogens with zero attached hydrogens (tertiary/aromatic N) is 3. The van der Waals surface area contributed by atoms with E-state index in [0.717, 1.165) is 43.3 Å². The van der Waals surface area contributed by atoms with E-state index in [0.29, 0.717) is 10.9 Å². The lowest BCUT2D eigenvalue weighted by molar-refractivity contribution is -0.130. The van der Waals surface area contributed by atoms with Crippen molar-refractivity contribution in [1.29, 1.82) is 0 Å². The summed E-state index contributed by atoms with van der Waals surface area (Å²) in [6.07, 6.45) is 5.45. The lowest BCUT2D eigenvalue weighted by atomic mass is 9.90. The van der Waals surface area contributed by atoms with Crippen LogP contribution in [0.25, 0.3) is 0 Å². The molecule has 1 aromatic carbocycles. The number of piperidine rings is 1. The molecule has 0 saturated carbocycles. The molecule has 3 heterocycles. The third-order valence-corrected chi connectivity index (χ3v) is 5.66. The van der Waals surface area contributed by atoms with Gasteiger partial charge >= 0.3 is 0 Å². The molecule has 0 aliphatic carbocycles. The van der Waals surface area contributed by atoms with Crippen molar-refractivity contribution < 1.29 is 4.79 Å². The molecule has 1 amide bonds. The van der Waals surface area contributed by atoms with Crippen molar-refractivity contribution in [3.8, 4) is 0 Å². The highest BCUT2D eigenvalue weighted by Gasteiger charge is 2.24. The van der Waals surface area contributed by atoms with Gasteiger partial charge in [0.25, 0.3) is 0 Å². The SMILES string of the molecule is O=C(CNc1ccccc1Cl)N1CCC(c2ccnc(Nc3ccccn3)c2)CC1. The maximum absolute atomic E-state index is 12.6. The summed E-state index contributed by atoms with van der Waals surface area (Å²) in [5, 5.41) is 7.00. The lowest BCUT2D eigenvalue weighted by Crippen LogP contribution is -2.40. The Hall–Kier alpha value is -3.12. The Morgan fingerprint density at radius 3 is 2.53 bits per heavy atom. The fourth-order valence-corrected chi connectivity index (χ4v) is 3.89. The number of aromatic nitrogens is 2. The smallest absolute Gasteiger partial charge is 0.241 e. The number of carbonyl (C=O) groups is 1. The number of likely N-dealkylation sites (tertiary alicyclic amines) is 1. The molecule has 30 heavy (non-hydrogen) atoms. The van der Waals surface area contributed by atoms with Crippen molar-refractivity contribution in [2.24, 2.45) is 0 Å². The van der Waals surface area contributed by atoms with E-state index in [-0.39, 0.29) is 12.5 Å². The van der Waals surface area contributed by atoms with Crippen LogP contribution in [0.1, 0.15) is 24.3 Å². The average molecular weight is 422 g/mol. The number of amides is 1. The van der Waals surface area contributed by atoms with E-state index in [1.165, 1.54) is 5.56 Å². The molecular formula is C23H24ClN5O. The van der Waals surface area contributed by atoms with Crippen molar-refractivity contribution in [3.05, 3.63) is 77.6 Å². The molecule has 0 radical (unpaired) electrons. The molecule has 2 N–H and O–H groups in total. The van der Waals surface area contributed by atoms with Gasteiger partial charge in [-0.1, -0.05) is 29.8 Å². The van der Waals surface area contributed by atoms with Crippen LogP contribution in [0, 0.1) is 0 Å². The molecule has 2 aromatic heterocycles. The summed E-state index contributed by atoms with van der Waals surface area (Å²) < 4.78 is 0. The first-order valence-corrected chi connectivity index (χ1v) is 10.5. The van der Waals surface area contributed by atoms with Crippen LogP contribution in [0.2, 0.25) is 5.02 Å². The molecule has 1 saturated heterocycles. The van der Waals surface area contributed by atoms with Crippen molar-refractivity contribution in [2.75, 3.05) is 30.3 Å². The minimum Gasteiger partial charge on any atom is -0.375 e. The van der Waals surface area contributed by atoms with Crippen LogP contribution in [0.3, 0.4) is 0 Å². The van der Waals surface area contributed by atoms with Crippen LogP contribution >= 0.6 is 11.6 Å². The molecule has 7 heteroatoms. The highest BCUT2D eigenvalue weighted by Crippen LogP contribution is 2.29. The van der Waals surface area contributed by atoms with Gasteiger partial charge in [-0.2, -0.15) is 0 Å². The van der Waals surface area contributed by atoms with Gasteiger partial charge in [-0.05, 0) is 60.7 Å². The van der Waals surface area contributed by atoms with Gasteiger partial charge in [-0.15, -0.1) is 0 Å². The summed E-state index contributed by atoms with van der Waals surface area (Å²) in [4.78, 5) is 23.2. The summed E-state index contributed by atoms with van der Waals surface area (Å²) in [5.74, 6) is 2.07. The highest BCUT2D eigenvalue weighted by molar-refractivity contribution is 6.33. The van der Waals surface area contributed by atoms with Gasteiger partial charge in [0.2, 0.25) is 5.91 Å². The highest BCUT2D eigenvalue weighted by atomic mass is 35.5. The van der Waals surface area contributed by atoms with Crippen LogP contribution in [0.5, 0.6) is 0 Å². The zero-order chi connectivity index (χ0) is 20.8. The van der Waals surface area contributed by atoms with E-state index >= 15 is 0 Å². The minimum atomic E-state index is 0.0978. The average Bonchev–Trinajstić information content (AvgIpc) is 2.79. The number of para-hydroxylation sites is 1. The molecule has 154 valence electrons. The van der Waals surface area contributed by atoms with Crippen LogP contribution in [0.15, 0.2) is 67.0 Å². The van der Waals surface area contributed by atoms with Gasteiger partial charge in [0.05, 0.1) is 17.3 Å². The van der Waals surface area contributed by atoms with Crippen LogP contribution < -0.4 is 10.6 Å². The van der Waals surface area contributed by atoms with Crippen LogP contribution in [-0.4, -0.2) is 40.4 Å². The van der Waals surface area contributed by atoms with Crippen molar-refractivity contribution in [2.45, 2.75) is 18.8 Å². The van der Waals surface area contributed by atoms with Crippen LogP contribution in [0.4, 0.5) is 17.3 Å². The molecule has 1 aliphatic rings. The van der Waals surface area contributed by atoms with Gasteiger partial charge in [0.1, 0.15) is 11.6 Å². The number of anilines is 3. The largest absolute Gasteiger partial charge is 0.375 e. The molecular weight excluding hydrogens is 398 g/mol. The van der Waals surface area contributed by atoms with Crippen molar-refractivity contribution >= 4 is 34.8 Å². The third kappa shape index (κ3) is 5.07. The summed E-state index contributed by atoms with van der Waals surface area (Å²) in [6, 6.07) is 17.3. The fraction of sp³-hybridized carbons (Fsp3) is 0.261. The number of nitrogens with one attached hydrogen (secondary N) is 2. The number of pyridine rings is 2. The Morgan fingerprint density at radius 2 is 1.77 bits per heavy atom. The topological polar surface area (TPSA) is 70.2 Å². The van der Waals surface area contributed by atoms with E-state index in [4.69, 9.17) is 11.6 Å². The Balaban J connectivity index is 1.30.